The number of carbonyl (C=O) groups is 1. The zero-order chi connectivity index (χ0) is 20.6. The Hall–Kier alpha value is -2.97. The lowest BCUT2D eigenvalue weighted by Crippen LogP contribution is -2.08. The van der Waals surface area contributed by atoms with Crippen molar-refractivity contribution in [2.24, 2.45) is 0 Å². The number of aromatic nitrogens is 2. The molecule has 0 amide bonds. The van der Waals surface area contributed by atoms with Gasteiger partial charge < -0.3 is 18.9 Å². The van der Waals surface area contributed by atoms with Crippen molar-refractivity contribution < 1.29 is 23.7 Å². The largest absolute Gasteiger partial charge is 0.481 e. The maximum Gasteiger partial charge on any atom is 0.344 e. The molecule has 1 heterocycles. The summed E-state index contributed by atoms with van der Waals surface area (Å²) < 4.78 is 21.2. The molecule has 0 radical (unpaired) electrons. The van der Waals surface area contributed by atoms with E-state index in [4.69, 9.17) is 30.5 Å². The number of thioether (sulfide) groups is 1. The number of methoxy groups -OCH3 is 2. The molecule has 0 aliphatic rings. The van der Waals surface area contributed by atoms with Crippen LogP contribution in [-0.4, -0.2) is 36.1 Å². The molecule has 0 N–H and O–H groups in total. The van der Waals surface area contributed by atoms with Crippen LogP contribution >= 0.6 is 23.4 Å². The molecule has 150 valence electrons. The summed E-state index contributed by atoms with van der Waals surface area (Å²) >= 11 is 7.61. The predicted molar refractivity (Wildman–Crippen MR) is 109 cm³/mol. The third-order valence-corrected chi connectivity index (χ3v) is 4.77. The monoisotopic (exact) mass is 432 g/mol. The molecule has 0 aliphatic carbocycles. The molecule has 7 nitrogen and oxygen atoms in total. The highest BCUT2D eigenvalue weighted by Crippen LogP contribution is 2.32. The summed E-state index contributed by atoms with van der Waals surface area (Å²) in [6, 6.07) is 15.8. The van der Waals surface area contributed by atoms with Crippen LogP contribution in [0.4, 0.5) is 0 Å². The van der Waals surface area contributed by atoms with E-state index in [1.165, 1.54) is 32.0 Å². The third-order valence-electron chi connectivity index (χ3n) is 3.62. The van der Waals surface area contributed by atoms with Gasteiger partial charge in [0.05, 0.1) is 25.3 Å². The van der Waals surface area contributed by atoms with Gasteiger partial charge in [-0.2, -0.15) is 9.97 Å². The number of esters is 1. The fourth-order valence-electron chi connectivity index (χ4n) is 2.26. The second-order valence-electron chi connectivity index (χ2n) is 5.46. The van der Waals surface area contributed by atoms with Gasteiger partial charge in [-0.25, -0.2) is 4.79 Å². The Kier molecular flexibility index (Phi) is 7.15. The Morgan fingerprint density at radius 1 is 1.00 bits per heavy atom. The molecular weight excluding hydrogens is 416 g/mol. The molecule has 29 heavy (non-hydrogen) atoms. The molecule has 0 spiro atoms. The van der Waals surface area contributed by atoms with E-state index < -0.39 is 5.97 Å². The number of hydrogen-bond donors (Lipinski definition) is 0. The summed E-state index contributed by atoms with van der Waals surface area (Å²) in [6.45, 7) is 0. The van der Waals surface area contributed by atoms with E-state index in [0.717, 1.165) is 4.90 Å². The third kappa shape index (κ3) is 5.52. The van der Waals surface area contributed by atoms with Gasteiger partial charge in [0.2, 0.25) is 11.8 Å². The first-order chi connectivity index (χ1) is 14.1. The van der Waals surface area contributed by atoms with Crippen molar-refractivity contribution >= 4 is 29.3 Å². The minimum absolute atomic E-state index is 0.0591. The van der Waals surface area contributed by atoms with Gasteiger partial charge in [-0.3, -0.25) is 0 Å². The van der Waals surface area contributed by atoms with Crippen molar-refractivity contribution in [3.63, 3.8) is 0 Å². The van der Waals surface area contributed by atoms with Gasteiger partial charge in [0, 0.05) is 4.90 Å². The Labute approximate surface area is 176 Å². The van der Waals surface area contributed by atoms with E-state index in [1.807, 2.05) is 30.3 Å². The summed E-state index contributed by atoms with van der Waals surface area (Å²) in [5, 5.41) is 0.187. The average Bonchev–Trinajstić information content (AvgIpc) is 2.74. The second kappa shape index (κ2) is 9.99. The normalized spacial score (nSPS) is 10.3. The predicted octanol–water partition coefficient (Wildman–Crippen LogP) is 4.85. The maximum atomic E-state index is 12.6. The Morgan fingerprint density at radius 3 is 2.34 bits per heavy atom. The molecular formula is C20H17ClN2O5S. The fraction of sp³-hybridized carbons (Fsp3) is 0.150. The van der Waals surface area contributed by atoms with Crippen LogP contribution in [0, 0.1) is 0 Å². The highest BCUT2D eigenvalue weighted by atomic mass is 35.5. The van der Waals surface area contributed by atoms with Crippen LogP contribution in [0.2, 0.25) is 5.02 Å². The summed E-state index contributed by atoms with van der Waals surface area (Å²) in [6.07, 6.45) is 0. The smallest absolute Gasteiger partial charge is 0.344 e. The molecule has 0 saturated carbocycles. The van der Waals surface area contributed by atoms with E-state index in [9.17, 15) is 4.79 Å². The first-order valence-corrected chi connectivity index (χ1v) is 9.75. The lowest BCUT2D eigenvalue weighted by atomic mass is 10.2. The van der Waals surface area contributed by atoms with Crippen LogP contribution in [0.25, 0.3) is 0 Å². The topological polar surface area (TPSA) is 79.8 Å². The van der Waals surface area contributed by atoms with Crippen LogP contribution in [0.3, 0.4) is 0 Å². The van der Waals surface area contributed by atoms with Gasteiger partial charge in [0.1, 0.15) is 17.3 Å². The Morgan fingerprint density at radius 2 is 1.69 bits per heavy atom. The molecule has 0 aliphatic heterocycles. The lowest BCUT2D eigenvalue weighted by Gasteiger charge is -2.12. The van der Waals surface area contributed by atoms with Crippen LogP contribution in [0.1, 0.15) is 10.4 Å². The summed E-state index contributed by atoms with van der Waals surface area (Å²) in [5.41, 5.74) is 0.0771. The molecule has 3 rings (SSSR count). The van der Waals surface area contributed by atoms with Crippen molar-refractivity contribution in [2.45, 2.75) is 4.90 Å². The molecule has 3 aromatic rings. The summed E-state index contributed by atoms with van der Waals surface area (Å²) in [4.78, 5) is 21.8. The zero-order valence-corrected chi connectivity index (χ0v) is 17.2. The van der Waals surface area contributed by atoms with Crippen molar-refractivity contribution in [3.8, 4) is 23.5 Å². The standard InChI is InChI=1S/C20H17ClN2O5S/c1-25-16-11-17(26-2)23-20(22-16)28-15-10-6-9-14(21)18(15)19(24)27-12-29-13-7-4-3-5-8-13/h3-11H,12H2,1-2H3. The van der Waals surface area contributed by atoms with E-state index >= 15 is 0 Å². The first kappa shape index (κ1) is 20.8. The van der Waals surface area contributed by atoms with E-state index in [0.29, 0.717) is 0 Å². The van der Waals surface area contributed by atoms with Gasteiger partial charge in [-0.15, -0.1) is 0 Å². The molecule has 0 atom stereocenters. The fourth-order valence-corrected chi connectivity index (χ4v) is 3.16. The van der Waals surface area contributed by atoms with E-state index in [-0.39, 0.29) is 40.0 Å². The number of hydrogen-bond acceptors (Lipinski definition) is 8. The highest BCUT2D eigenvalue weighted by molar-refractivity contribution is 7.99. The number of ether oxygens (including phenoxy) is 4. The van der Waals surface area contributed by atoms with Crippen molar-refractivity contribution in [2.75, 3.05) is 20.2 Å². The number of nitrogens with zero attached hydrogens (tertiary/aromatic N) is 2. The van der Waals surface area contributed by atoms with Gasteiger partial charge in [0.15, 0.2) is 0 Å². The Bertz CT molecular complexity index is 966. The quantitative estimate of drug-likeness (QED) is 0.284. The number of carbonyl (C=O) groups excluding carboxylic acids is 1. The van der Waals surface area contributed by atoms with Crippen molar-refractivity contribution in [3.05, 3.63) is 65.2 Å². The second-order valence-corrected chi connectivity index (χ2v) is 6.86. The van der Waals surface area contributed by atoms with Gasteiger partial charge >= 0.3 is 12.0 Å². The van der Waals surface area contributed by atoms with Crippen LogP contribution in [0.15, 0.2) is 59.5 Å². The highest BCUT2D eigenvalue weighted by Gasteiger charge is 2.20. The molecule has 2 aromatic carbocycles. The van der Waals surface area contributed by atoms with E-state index in [1.54, 1.807) is 18.2 Å². The summed E-state index contributed by atoms with van der Waals surface area (Å²) in [7, 11) is 2.91. The first-order valence-electron chi connectivity index (χ1n) is 8.39. The Balaban J connectivity index is 1.77. The lowest BCUT2D eigenvalue weighted by molar-refractivity contribution is 0.0576. The molecule has 9 heteroatoms. The zero-order valence-electron chi connectivity index (χ0n) is 15.6. The van der Waals surface area contributed by atoms with Crippen LogP contribution < -0.4 is 14.2 Å². The number of halogens is 1. The minimum Gasteiger partial charge on any atom is -0.481 e. The summed E-state index contributed by atoms with van der Waals surface area (Å²) in [5.74, 6) is 0.151. The van der Waals surface area contributed by atoms with Gasteiger partial charge in [-0.1, -0.05) is 47.6 Å². The van der Waals surface area contributed by atoms with Crippen molar-refractivity contribution in [1.29, 1.82) is 0 Å². The minimum atomic E-state index is -0.621. The number of rotatable bonds is 8. The molecule has 1 aromatic heterocycles. The number of benzene rings is 2. The average molecular weight is 433 g/mol. The SMILES string of the molecule is COc1cc(OC)nc(Oc2cccc(Cl)c2C(=O)OCSc2ccccc2)n1. The van der Waals surface area contributed by atoms with Gasteiger partial charge in [-0.05, 0) is 24.3 Å². The van der Waals surface area contributed by atoms with Crippen LogP contribution in [0.5, 0.6) is 23.5 Å². The molecule has 0 fully saturated rings. The maximum absolute atomic E-state index is 12.6. The molecule has 0 bridgehead atoms. The molecule has 0 saturated heterocycles. The van der Waals surface area contributed by atoms with Crippen LogP contribution in [-0.2, 0) is 4.74 Å². The van der Waals surface area contributed by atoms with Gasteiger partial charge in [0.25, 0.3) is 0 Å². The van der Waals surface area contributed by atoms with E-state index in [2.05, 4.69) is 9.97 Å². The molecule has 0 unspecified atom stereocenters. The van der Waals surface area contributed by atoms with Crippen molar-refractivity contribution in [1.82, 2.24) is 9.97 Å².